The number of H-pyrrole nitrogens is 1. The van der Waals surface area contributed by atoms with Gasteiger partial charge in [-0.3, -0.25) is 4.79 Å². The number of carbonyl (C=O) groups is 1. The second kappa shape index (κ2) is 5.69. The molecule has 0 saturated heterocycles. The maximum Gasteiger partial charge on any atom is 0.251 e. The molecule has 1 aromatic carbocycles. The van der Waals surface area contributed by atoms with Crippen molar-refractivity contribution in [2.45, 2.75) is 25.8 Å². The molecule has 2 aromatic rings. The van der Waals surface area contributed by atoms with E-state index in [0.717, 1.165) is 17.3 Å². The van der Waals surface area contributed by atoms with Crippen LogP contribution >= 0.6 is 0 Å². The van der Waals surface area contributed by atoms with Gasteiger partial charge in [-0.05, 0) is 36.4 Å². The van der Waals surface area contributed by atoms with Crippen LogP contribution in [-0.4, -0.2) is 28.6 Å². The standard InChI is InChI=1S/C14H18N2O2/c1-2-12(6-8-17)16-14(18)11-4-3-10-5-7-15-13(10)9-11/h3-5,7,9,12,15,17H,2,6,8H2,1H3,(H,16,18). The van der Waals surface area contributed by atoms with E-state index in [2.05, 4.69) is 10.3 Å². The fraction of sp³-hybridized carbons (Fsp3) is 0.357. The van der Waals surface area contributed by atoms with Crippen molar-refractivity contribution in [3.05, 3.63) is 36.0 Å². The number of aliphatic hydroxyl groups excluding tert-OH is 1. The van der Waals surface area contributed by atoms with Crippen LogP contribution in [0.2, 0.25) is 0 Å². The van der Waals surface area contributed by atoms with Crippen molar-refractivity contribution in [2.75, 3.05) is 6.61 Å². The average Bonchev–Trinajstić information content (AvgIpc) is 2.85. The van der Waals surface area contributed by atoms with Crippen LogP contribution in [0.5, 0.6) is 0 Å². The zero-order valence-electron chi connectivity index (χ0n) is 10.4. The van der Waals surface area contributed by atoms with Crippen molar-refractivity contribution < 1.29 is 9.90 Å². The molecule has 0 radical (unpaired) electrons. The van der Waals surface area contributed by atoms with Gasteiger partial charge in [0.25, 0.3) is 5.91 Å². The number of hydrogen-bond donors (Lipinski definition) is 3. The summed E-state index contributed by atoms with van der Waals surface area (Å²) in [5, 5.41) is 12.9. The summed E-state index contributed by atoms with van der Waals surface area (Å²) in [7, 11) is 0. The van der Waals surface area contributed by atoms with Crippen LogP contribution < -0.4 is 5.32 Å². The summed E-state index contributed by atoms with van der Waals surface area (Å²) in [6, 6.07) is 7.58. The van der Waals surface area contributed by atoms with Crippen LogP contribution in [0.15, 0.2) is 30.5 Å². The average molecular weight is 246 g/mol. The van der Waals surface area contributed by atoms with Crippen molar-refractivity contribution in [1.29, 1.82) is 0 Å². The highest BCUT2D eigenvalue weighted by molar-refractivity contribution is 5.98. The van der Waals surface area contributed by atoms with Gasteiger partial charge in [0, 0.05) is 29.9 Å². The normalized spacial score (nSPS) is 12.6. The van der Waals surface area contributed by atoms with Gasteiger partial charge in [-0.1, -0.05) is 13.0 Å². The number of amides is 1. The fourth-order valence-corrected chi connectivity index (χ4v) is 1.99. The highest BCUT2D eigenvalue weighted by Gasteiger charge is 2.12. The molecule has 0 aliphatic carbocycles. The number of aromatic nitrogens is 1. The third-order valence-corrected chi connectivity index (χ3v) is 3.12. The summed E-state index contributed by atoms with van der Waals surface area (Å²) < 4.78 is 0. The molecule has 4 nitrogen and oxygen atoms in total. The molecule has 4 heteroatoms. The summed E-state index contributed by atoms with van der Waals surface area (Å²) in [5.74, 6) is -0.0909. The molecule has 2 rings (SSSR count). The van der Waals surface area contributed by atoms with Crippen molar-refractivity contribution in [3.63, 3.8) is 0 Å². The lowest BCUT2D eigenvalue weighted by molar-refractivity contribution is 0.0929. The van der Waals surface area contributed by atoms with Crippen molar-refractivity contribution in [3.8, 4) is 0 Å². The monoisotopic (exact) mass is 246 g/mol. The maximum atomic E-state index is 12.0. The summed E-state index contributed by atoms with van der Waals surface area (Å²) in [6.45, 7) is 2.09. The van der Waals surface area contributed by atoms with E-state index in [4.69, 9.17) is 5.11 Å². The predicted octanol–water partition coefficient (Wildman–Crippen LogP) is 2.06. The molecule has 96 valence electrons. The topological polar surface area (TPSA) is 65.1 Å². The Balaban J connectivity index is 2.12. The molecule has 0 fully saturated rings. The van der Waals surface area contributed by atoms with Gasteiger partial charge < -0.3 is 15.4 Å². The van der Waals surface area contributed by atoms with Crippen molar-refractivity contribution >= 4 is 16.8 Å². The number of nitrogens with one attached hydrogen (secondary N) is 2. The molecule has 18 heavy (non-hydrogen) atoms. The molecule has 3 N–H and O–H groups in total. The van der Waals surface area contributed by atoms with Crippen molar-refractivity contribution in [1.82, 2.24) is 10.3 Å². The van der Waals surface area contributed by atoms with Gasteiger partial charge in [0.15, 0.2) is 0 Å². The van der Waals surface area contributed by atoms with Crippen LogP contribution in [0.4, 0.5) is 0 Å². The fourth-order valence-electron chi connectivity index (χ4n) is 1.99. The van der Waals surface area contributed by atoms with Crippen LogP contribution in [0.1, 0.15) is 30.1 Å². The van der Waals surface area contributed by atoms with Gasteiger partial charge in [0.1, 0.15) is 0 Å². The first-order valence-electron chi connectivity index (χ1n) is 6.23. The summed E-state index contributed by atoms with van der Waals surface area (Å²) in [4.78, 5) is 15.1. The molecule has 0 aliphatic heterocycles. The molecule has 0 spiro atoms. The van der Waals surface area contributed by atoms with Gasteiger partial charge in [0.2, 0.25) is 0 Å². The third kappa shape index (κ3) is 2.71. The Morgan fingerprint density at radius 2 is 2.28 bits per heavy atom. The minimum atomic E-state index is -0.0909. The van der Waals surface area contributed by atoms with Gasteiger partial charge >= 0.3 is 0 Å². The number of aliphatic hydroxyl groups is 1. The highest BCUT2D eigenvalue weighted by Crippen LogP contribution is 2.14. The smallest absolute Gasteiger partial charge is 0.251 e. The van der Waals surface area contributed by atoms with Crippen LogP contribution in [0.3, 0.4) is 0 Å². The van der Waals surface area contributed by atoms with Gasteiger partial charge in [-0.25, -0.2) is 0 Å². The number of carbonyl (C=O) groups excluding carboxylic acids is 1. The first-order chi connectivity index (χ1) is 8.74. The van der Waals surface area contributed by atoms with E-state index in [1.807, 2.05) is 37.4 Å². The van der Waals surface area contributed by atoms with E-state index >= 15 is 0 Å². The van der Waals surface area contributed by atoms with Crippen LogP contribution in [0, 0.1) is 0 Å². The molecule has 1 aromatic heterocycles. The van der Waals surface area contributed by atoms with Gasteiger partial charge in [-0.15, -0.1) is 0 Å². The number of hydrogen-bond acceptors (Lipinski definition) is 2. The Bertz CT molecular complexity index is 533. The molecule has 1 amide bonds. The summed E-state index contributed by atoms with van der Waals surface area (Å²) in [5.41, 5.74) is 1.60. The second-order valence-corrected chi connectivity index (χ2v) is 4.37. The number of fused-ring (bicyclic) bond motifs is 1. The lowest BCUT2D eigenvalue weighted by Gasteiger charge is -2.15. The molecule has 1 atom stereocenters. The Morgan fingerprint density at radius 3 is 3.00 bits per heavy atom. The minimum absolute atomic E-state index is 0.0295. The van der Waals surface area contributed by atoms with Crippen LogP contribution in [0.25, 0.3) is 10.9 Å². The predicted molar refractivity (Wildman–Crippen MR) is 71.5 cm³/mol. The Labute approximate surface area is 106 Å². The zero-order valence-corrected chi connectivity index (χ0v) is 10.4. The lowest BCUT2D eigenvalue weighted by Crippen LogP contribution is -2.35. The Hall–Kier alpha value is -1.81. The van der Waals surface area contributed by atoms with Gasteiger partial charge in [0.05, 0.1) is 0 Å². The third-order valence-electron chi connectivity index (χ3n) is 3.12. The lowest BCUT2D eigenvalue weighted by atomic mass is 10.1. The van der Waals surface area contributed by atoms with E-state index in [1.165, 1.54) is 0 Å². The molecule has 0 bridgehead atoms. The minimum Gasteiger partial charge on any atom is -0.396 e. The van der Waals surface area contributed by atoms with Crippen molar-refractivity contribution in [2.24, 2.45) is 0 Å². The molecule has 1 heterocycles. The second-order valence-electron chi connectivity index (χ2n) is 4.37. The maximum absolute atomic E-state index is 12.0. The quantitative estimate of drug-likeness (QED) is 0.756. The Kier molecular flexibility index (Phi) is 3.99. The van der Waals surface area contributed by atoms with E-state index in [-0.39, 0.29) is 18.6 Å². The van der Waals surface area contributed by atoms with E-state index < -0.39 is 0 Å². The molecule has 0 saturated carbocycles. The summed E-state index contributed by atoms with van der Waals surface area (Å²) >= 11 is 0. The number of aromatic amines is 1. The van der Waals surface area contributed by atoms with Gasteiger partial charge in [-0.2, -0.15) is 0 Å². The highest BCUT2D eigenvalue weighted by atomic mass is 16.3. The van der Waals surface area contributed by atoms with E-state index in [9.17, 15) is 4.79 Å². The SMILES string of the molecule is CCC(CCO)NC(=O)c1ccc2cc[nH]c2c1. The van der Waals surface area contributed by atoms with Crippen LogP contribution in [-0.2, 0) is 0 Å². The molecule has 1 unspecified atom stereocenters. The Morgan fingerprint density at radius 1 is 1.44 bits per heavy atom. The number of benzene rings is 1. The number of rotatable bonds is 5. The first kappa shape index (κ1) is 12.6. The molecular weight excluding hydrogens is 228 g/mol. The van der Waals surface area contributed by atoms with E-state index in [1.54, 1.807) is 0 Å². The largest absolute Gasteiger partial charge is 0.396 e. The molecular formula is C14H18N2O2. The van der Waals surface area contributed by atoms with E-state index in [0.29, 0.717) is 12.0 Å². The first-order valence-corrected chi connectivity index (χ1v) is 6.23. The molecule has 0 aliphatic rings. The zero-order chi connectivity index (χ0) is 13.0. The summed E-state index contributed by atoms with van der Waals surface area (Å²) in [6.07, 6.45) is 3.26.